The van der Waals surface area contributed by atoms with Gasteiger partial charge in [0.15, 0.2) is 0 Å². The normalized spacial score (nSPS) is 12.6. The number of nitrogens with zero attached hydrogens (tertiary/aromatic N) is 2. The summed E-state index contributed by atoms with van der Waals surface area (Å²) < 4.78 is 5.45. The minimum absolute atomic E-state index is 0.180. The maximum Gasteiger partial charge on any atom is 0.326 e. The van der Waals surface area contributed by atoms with Gasteiger partial charge in [-0.1, -0.05) is 18.2 Å². The minimum Gasteiger partial charge on any atom is -0.494 e. The molecule has 0 saturated carbocycles. The van der Waals surface area contributed by atoms with Gasteiger partial charge in [-0.3, -0.25) is 9.69 Å². The van der Waals surface area contributed by atoms with Crippen molar-refractivity contribution < 1.29 is 14.3 Å². The standard InChI is InChI=1S/C25H26N4O3S/c1-2-32-21-10-8-18(9-11-21)12-14-26-23(30)19-5-3-6-20(17-19)28-25(31)29-15-16-33-24-22(29)7-4-13-27-24/h3-11,13,17H,2,12,14-16H2,1H3,(H,26,30)(H,28,31). The predicted octanol–water partition coefficient (Wildman–Crippen LogP) is 4.60. The number of thioether (sulfide) groups is 1. The largest absolute Gasteiger partial charge is 0.494 e. The van der Waals surface area contributed by atoms with Gasteiger partial charge in [0, 0.05) is 36.3 Å². The van der Waals surface area contributed by atoms with Crippen molar-refractivity contribution in [1.82, 2.24) is 10.3 Å². The van der Waals surface area contributed by atoms with E-state index in [1.165, 1.54) is 0 Å². The Morgan fingerprint density at radius 3 is 2.79 bits per heavy atom. The molecular formula is C25H26N4O3S. The van der Waals surface area contributed by atoms with Crippen LogP contribution in [0.5, 0.6) is 5.75 Å². The molecule has 170 valence electrons. The summed E-state index contributed by atoms with van der Waals surface area (Å²) in [5.74, 6) is 1.45. The molecule has 0 spiro atoms. The Kier molecular flexibility index (Phi) is 7.47. The molecule has 1 aliphatic heterocycles. The second kappa shape index (κ2) is 10.9. The third-order valence-corrected chi connectivity index (χ3v) is 6.12. The molecule has 1 aliphatic rings. The first kappa shape index (κ1) is 22.7. The SMILES string of the molecule is CCOc1ccc(CCNC(=O)c2cccc(NC(=O)N3CCSc4ncccc43)c2)cc1. The van der Waals surface area contributed by atoms with Crippen LogP contribution in [0.2, 0.25) is 0 Å². The third-order valence-electron chi connectivity index (χ3n) is 5.15. The molecule has 2 aromatic carbocycles. The van der Waals surface area contributed by atoms with Crippen molar-refractivity contribution in [3.05, 3.63) is 78.0 Å². The van der Waals surface area contributed by atoms with E-state index in [0.717, 1.165) is 34.2 Å². The summed E-state index contributed by atoms with van der Waals surface area (Å²) in [5.41, 5.74) is 2.99. The second-order valence-electron chi connectivity index (χ2n) is 7.42. The fourth-order valence-electron chi connectivity index (χ4n) is 3.53. The van der Waals surface area contributed by atoms with E-state index in [9.17, 15) is 9.59 Å². The Morgan fingerprint density at radius 2 is 1.97 bits per heavy atom. The number of anilines is 2. The van der Waals surface area contributed by atoms with E-state index >= 15 is 0 Å². The fourth-order valence-corrected chi connectivity index (χ4v) is 4.46. The quantitative estimate of drug-likeness (QED) is 0.536. The molecule has 0 aliphatic carbocycles. The molecule has 7 nitrogen and oxygen atoms in total. The molecule has 1 aromatic heterocycles. The number of carbonyl (C=O) groups excluding carboxylic acids is 2. The lowest BCUT2D eigenvalue weighted by atomic mass is 10.1. The molecule has 0 fully saturated rings. The van der Waals surface area contributed by atoms with Crippen molar-refractivity contribution in [3.63, 3.8) is 0 Å². The fraction of sp³-hybridized carbons (Fsp3) is 0.240. The first-order valence-corrected chi connectivity index (χ1v) is 11.9. The number of hydrogen-bond acceptors (Lipinski definition) is 5. The summed E-state index contributed by atoms with van der Waals surface area (Å²) in [6, 6.07) is 18.3. The molecule has 0 bridgehead atoms. The van der Waals surface area contributed by atoms with Crippen LogP contribution in [0.4, 0.5) is 16.2 Å². The van der Waals surface area contributed by atoms with Crippen molar-refractivity contribution in [2.45, 2.75) is 18.4 Å². The van der Waals surface area contributed by atoms with Crippen LogP contribution in [0.3, 0.4) is 0 Å². The first-order valence-electron chi connectivity index (χ1n) is 10.9. The number of fused-ring (bicyclic) bond motifs is 1. The summed E-state index contributed by atoms with van der Waals surface area (Å²) in [5, 5.41) is 6.69. The van der Waals surface area contributed by atoms with Crippen molar-refractivity contribution >= 4 is 35.1 Å². The molecule has 33 heavy (non-hydrogen) atoms. The molecule has 2 N–H and O–H groups in total. The zero-order chi connectivity index (χ0) is 23.0. The minimum atomic E-state index is -0.238. The lowest BCUT2D eigenvalue weighted by Crippen LogP contribution is -2.39. The summed E-state index contributed by atoms with van der Waals surface area (Å²) in [7, 11) is 0. The second-order valence-corrected chi connectivity index (χ2v) is 8.51. The average Bonchev–Trinajstić information content (AvgIpc) is 2.85. The van der Waals surface area contributed by atoms with Gasteiger partial charge < -0.3 is 15.4 Å². The smallest absolute Gasteiger partial charge is 0.326 e. The van der Waals surface area contributed by atoms with E-state index in [2.05, 4.69) is 15.6 Å². The summed E-state index contributed by atoms with van der Waals surface area (Å²) in [6.07, 6.45) is 2.44. The van der Waals surface area contributed by atoms with Gasteiger partial charge in [0.2, 0.25) is 0 Å². The molecule has 2 heterocycles. The predicted molar refractivity (Wildman–Crippen MR) is 131 cm³/mol. The van der Waals surface area contributed by atoms with Gasteiger partial charge in [-0.05, 0) is 61.4 Å². The van der Waals surface area contributed by atoms with Crippen molar-refractivity contribution in [3.8, 4) is 5.75 Å². The Hall–Kier alpha value is -3.52. The highest BCUT2D eigenvalue weighted by atomic mass is 32.2. The van der Waals surface area contributed by atoms with Crippen LogP contribution in [-0.4, -0.2) is 42.4 Å². The van der Waals surface area contributed by atoms with Gasteiger partial charge in [-0.15, -0.1) is 11.8 Å². The molecule has 0 unspecified atom stereocenters. The van der Waals surface area contributed by atoms with Crippen molar-refractivity contribution in [1.29, 1.82) is 0 Å². The van der Waals surface area contributed by atoms with Gasteiger partial charge in [0.05, 0.1) is 12.3 Å². The summed E-state index contributed by atoms with van der Waals surface area (Å²) >= 11 is 1.64. The third kappa shape index (κ3) is 5.84. The lowest BCUT2D eigenvalue weighted by molar-refractivity contribution is 0.0954. The van der Waals surface area contributed by atoms with Gasteiger partial charge in [0.25, 0.3) is 5.91 Å². The Bertz CT molecular complexity index is 1120. The molecule has 0 radical (unpaired) electrons. The number of hydrogen-bond donors (Lipinski definition) is 2. The van der Waals surface area contributed by atoms with Gasteiger partial charge >= 0.3 is 6.03 Å². The zero-order valence-electron chi connectivity index (χ0n) is 18.4. The number of urea groups is 1. The summed E-state index contributed by atoms with van der Waals surface area (Å²) in [6.45, 7) is 3.70. The van der Waals surface area contributed by atoms with Crippen LogP contribution in [0.1, 0.15) is 22.8 Å². The van der Waals surface area contributed by atoms with Crippen LogP contribution in [0.25, 0.3) is 0 Å². The van der Waals surface area contributed by atoms with E-state index in [0.29, 0.717) is 30.9 Å². The zero-order valence-corrected chi connectivity index (χ0v) is 19.2. The van der Waals surface area contributed by atoms with Crippen LogP contribution in [0, 0.1) is 0 Å². The number of benzene rings is 2. The Balaban J connectivity index is 1.33. The van der Waals surface area contributed by atoms with E-state index in [-0.39, 0.29) is 11.9 Å². The maximum absolute atomic E-state index is 12.9. The number of rotatable bonds is 7. The molecule has 3 amide bonds. The van der Waals surface area contributed by atoms with Crippen LogP contribution in [0.15, 0.2) is 71.9 Å². The lowest BCUT2D eigenvalue weighted by Gasteiger charge is -2.28. The molecular weight excluding hydrogens is 436 g/mol. The molecule has 4 rings (SSSR count). The van der Waals surface area contributed by atoms with Crippen LogP contribution < -0.4 is 20.3 Å². The number of aromatic nitrogens is 1. The Labute approximate surface area is 197 Å². The topological polar surface area (TPSA) is 83.6 Å². The summed E-state index contributed by atoms with van der Waals surface area (Å²) in [4.78, 5) is 31.5. The number of nitrogens with one attached hydrogen (secondary N) is 2. The van der Waals surface area contributed by atoms with Crippen molar-refractivity contribution in [2.24, 2.45) is 0 Å². The number of ether oxygens (including phenoxy) is 1. The van der Waals surface area contributed by atoms with E-state index in [4.69, 9.17) is 4.74 Å². The monoisotopic (exact) mass is 462 g/mol. The van der Waals surface area contributed by atoms with Crippen LogP contribution in [-0.2, 0) is 6.42 Å². The van der Waals surface area contributed by atoms with E-state index < -0.39 is 0 Å². The van der Waals surface area contributed by atoms with E-state index in [1.807, 2.05) is 43.3 Å². The molecule has 0 atom stereocenters. The first-order chi connectivity index (χ1) is 16.1. The Morgan fingerprint density at radius 1 is 1.12 bits per heavy atom. The molecule has 8 heteroatoms. The highest BCUT2D eigenvalue weighted by Crippen LogP contribution is 2.32. The molecule has 0 saturated heterocycles. The van der Waals surface area contributed by atoms with Gasteiger partial charge in [0.1, 0.15) is 10.8 Å². The highest BCUT2D eigenvalue weighted by Gasteiger charge is 2.23. The van der Waals surface area contributed by atoms with Crippen molar-refractivity contribution in [2.75, 3.05) is 35.7 Å². The maximum atomic E-state index is 12.9. The van der Waals surface area contributed by atoms with Gasteiger partial charge in [-0.25, -0.2) is 9.78 Å². The number of carbonyl (C=O) groups is 2. The number of pyridine rings is 1. The average molecular weight is 463 g/mol. The van der Waals surface area contributed by atoms with Crippen LogP contribution >= 0.6 is 11.8 Å². The number of amides is 3. The van der Waals surface area contributed by atoms with E-state index in [1.54, 1.807) is 47.1 Å². The highest BCUT2D eigenvalue weighted by molar-refractivity contribution is 7.99. The van der Waals surface area contributed by atoms with Gasteiger partial charge in [-0.2, -0.15) is 0 Å². The molecule has 3 aromatic rings.